The highest BCUT2D eigenvalue weighted by molar-refractivity contribution is 6.29. The lowest BCUT2D eigenvalue weighted by Crippen LogP contribution is -2.40. The molecule has 2 rings (SSSR count). The van der Waals surface area contributed by atoms with Crippen LogP contribution in [-0.2, 0) is 6.54 Å². The summed E-state index contributed by atoms with van der Waals surface area (Å²) < 4.78 is 0. The van der Waals surface area contributed by atoms with Gasteiger partial charge in [0, 0.05) is 38.1 Å². The molecule has 0 aromatic carbocycles. The topological polar surface area (TPSA) is 41.0 Å². The van der Waals surface area contributed by atoms with Gasteiger partial charge in [-0.05, 0) is 19.9 Å². The van der Waals surface area contributed by atoms with Crippen molar-refractivity contribution in [2.24, 2.45) is 0 Å². The molecule has 0 saturated carbocycles. The van der Waals surface area contributed by atoms with Crippen LogP contribution in [0.15, 0.2) is 12.4 Å². The van der Waals surface area contributed by atoms with E-state index in [0.717, 1.165) is 25.3 Å². The standard InChI is InChI=1S/C11H17ClN4/c1-13-9-2-6-16(7-3-9)8-10-11(12)15-5-4-14-10/h4-5,9,13H,2-3,6-8H2,1H3. The fraction of sp³-hybridized carbons (Fsp3) is 0.636. The zero-order valence-corrected chi connectivity index (χ0v) is 10.2. The number of likely N-dealkylation sites (tertiary alicyclic amines) is 1. The van der Waals surface area contributed by atoms with Crippen LogP contribution in [0.3, 0.4) is 0 Å². The molecule has 4 nitrogen and oxygen atoms in total. The molecule has 1 aliphatic heterocycles. The molecule has 1 aromatic rings. The van der Waals surface area contributed by atoms with Crippen LogP contribution in [-0.4, -0.2) is 41.0 Å². The summed E-state index contributed by atoms with van der Waals surface area (Å²) in [5, 5.41) is 3.85. The number of piperidine rings is 1. The van der Waals surface area contributed by atoms with Crippen molar-refractivity contribution < 1.29 is 0 Å². The van der Waals surface area contributed by atoms with Crippen LogP contribution in [0.1, 0.15) is 18.5 Å². The third kappa shape index (κ3) is 2.90. The SMILES string of the molecule is CNC1CCN(Cc2nccnc2Cl)CC1. The van der Waals surface area contributed by atoms with Crippen molar-refractivity contribution >= 4 is 11.6 Å². The van der Waals surface area contributed by atoms with Gasteiger partial charge in [0.1, 0.15) is 0 Å². The van der Waals surface area contributed by atoms with E-state index in [1.807, 2.05) is 7.05 Å². The van der Waals surface area contributed by atoms with Crippen molar-refractivity contribution in [2.75, 3.05) is 20.1 Å². The summed E-state index contributed by atoms with van der Waals surface area (Å²) in [6.45, 7) is 3.00. The summed E-state index contributed by atoms with van der Waals surface area (Å²) in [7, 11) is 2.03. The number of rotatable bonds is 3. The van der Waals surface area contributed by atoms with E-state index in [1.54, 1.807) is 12.4 Å². The lowest BCUT2D eigenvalue weighted by molar-refractivity contribution is 0.192. The van der Waals surface area contributed by atoms with Gasteiger partial charge in [0.05, 0.1) is 5.69 Å². The molecule has 5 heteroatoms. The van der Waals surface area contributed by atoms with E-state index in [2.05, 4.69) is 20.2 Å². The van der Waals surface area contributed by atoms with Crippen LogP contribution >= 0.6 is 11.6 Å². The minimum atomic E-state index is 0.526. The molecule has 0 atom stereocenters. The van der Waals surface area contributed by atoms with Crippen molar-refractivity contribution in [3.63, 3.8) is 0 Å². The van der Waals surface area contributed by atoms with Crippen LogP contribution in [0.2, 0.25) is 5.15 Å². The Balaban J connectivity index is 1.89. The zero-order valence-electron chi connectivity index (χ0n) is 9.49. The first-order chi connectivity index (χ1) is 7.79. The second-order valence-corrected chi connectivity index (χ2v) is 4.49. The summed E-state index contributed by atoms with van der Waals surface area (Å²) in [6, 6.07) is 0.661. The van der Waals surface area contributed by atoms with Gasteiger partial charge in [0.25, 0.3) is 0 Å². The Labute approximate surface area is 101 Å². The highest BCUT2D eigenvalue weighted by Gasteiger charge is 2.18. The summed E-state index contributed by atoms with van der Waals surface area (Å²) in [5.74, 6) is 0. The first-order valence-corrected chi connectivity index (χ1v) is 6.02. The number of nitrogens with zero attached hydrogens (tertiary/aromatic N) is 3. The molecule has 0 spiro atoms. The molecular formula is C11H17ClN4. The van der Waals surface area contributed by atoms with Gasteiger partial charge in [-0.3, -0.25) is 9.88 Å². The van der Waals surface area contributed by atoms with Gasteiger partial charge in [-0.15, -0.1) is 0 Å². The molecule has 16 heavy (non-hydrogen) atoms. The number of hydrogen-bond acceptors (Lipinski definition) is 4. The van der Waals surface area contributed by atoms with Crippen molar-refractivity contribution in [2.45, 2.75) is 25.4 Å². The quantitative estimate of drug-likeness (QED) is 0.865. The number of halogens is 1. The molecule has 0 bridgehead atoms. The summed E-state index contributed by atoms with van der Waals surface area (Å²) in [5.41, 5.74) is 0.882. The van der Waals surface area contributed by atoms with Crippen molar-refractivity contribution in [3.8, 4) is 0 Å². The van der Waals surface area contributed by atoms with E-state index in [4.69, 9.17) is 11.6 Å². The van der Waals surface area contributed by atoms with Crippen LogP contribution < -0.4 is 5.32 Å². The molecule has 2 heterocycles. The Morgan fingerprint density at radius 2 is 2.06 bits per heavy atom. The molecule has 0 aliphatic carbocycles. The number of hydrogen-bond donors (Lipinski definition) is 1. The van der Waals surface area contributed by atoms with E-state index in [0.29, 0.717) is 11.2 Å². The molecule has 0 radical (unpaired) electrons. The summed E-state index contributed by atoms with van der Waals surface area (Å²) in [6.07, 6.45) is 5.70. The Morgan fingerprint density at radius 3 is 2.69 bits per heavy atom. The molecule has 1 N–H and O–H groups in total. The molecule has 1 aliphatic rings. The molecule has 0 unspecified atom stereocenters. The van der Waals surface area contributed by atoms with Crippen LogP contribution in [0.4, 0.5) is 0 Å². The van der Waals surface area contributed by atoms with Gasteiger partial charge < -0.3 is 5.32 Å². The highest BCUT2D eigenvalue weighted by Crippen LogP contribution is 2.15. The second-order valence-electron chi connectivity index (χ2n) is 4.13. The first-order valence-electron chi connectivity index (χ1n) is 5.64. The Kier molecular flexibility index (Phi) is 4.09. The minimum absolute atomic E-state index is 0.526. The normalized spacial score (nSPS) is 18.9. The van der Waals surface area contributed by atoms with Crippen molar-refractivity contribution in [1.82, 2.24) is 20.2 Å². The lowest BCUT2D eigenvalue weighted by atomic mass is 10.1. The van der Waals surface area contributed by atoms with E-state index in [-0.39, 0.29) is 0 Å². The second kappa shape index (κ2) is 5.57. The third-order valence-corrected chi connectivity index (χ3v) is 3.41. The fourth-order valence-electron chi connectivity index (χ4n) is 2.05. The van der Waals surface area contributed by atoms with E-state index in [9.17, 15) is 0 Å². The maximum Gasteiger partial charge on any atom is 0.151 e. The zero-order chi connectivity index (χ0) is 11.4. The lowest BCUT2D eigenvalue weighted by Gasteiger charge is -2.31. The largest absolute Gasteiger partial charge is 0.317 e. The van der Waals surface area contributed by atoms with Crippen molar-refractivity contribution in [1.29, 1.82) is 0 Å². The first kappa shape index (κ1) is 11.8. The van der Waals surface area contributed by atoms with Crippen LogP contribution in [0, 0.1) is 0 Å². The minimum Gasteiger partial charge on any atom is -0.317 e. The van der Waals surface area contributed by atoms with Gasteiger partial charge >= 0.3 is 0 Å². The Morgan fingerprint density at radius 1 is 1.38 bits per heavy atom. The molecule has 1 fully saturated rings. The summed E-state index contributed by atoms with van der Waals surface area (Å²) in [4.78, 5) is 10.7. The van der Waals surface area contributed by atoms with Crippen LogP contribution in [0.5, 0.6) is 0 Å². The molecule has 1 saturated heterocycles. The average molecular weight is 241 g/mol. The van der Waals surface area contributed by atoms with E-state index in [1.165, 1.54) is 12.8 Å². The summed E-state index contributed by atoms with van der Waals surface area (Å²) >= 11 is 5.99. The highest BCUT2D eigenvalue weighted by atomic mass is 35.5. The smallest absolute Gasteiger partial charge is 0.151 e. The number of aromatic nitrogens is 2. The molecular weight excluding hydrogens is 224 g/mol. The number of nitrogens with one attached hydrogen (secondary N) is 1. The molecule has 1 aromatic heterocycles. The van der Waals surface area contributed by atoms with Gasteiger partial charge in [0.2, 0.25) is 0 Å². The average Bonchev–Trinajstić information content (AvgIpc) is 2.33. The maximum atomic E-state index is 5.99. The third-order valence-electron chi connectivity index (χ3n) is 3.09. The van der Waals surface area contributed by atoms with E-state index >= 15 is 0 Å². The van der Waals surface area contributed by atoms with Crippen molar-refractivity contribution in [3.05, 3.63) is 23.2 Å². The van der Waals surface area contributed by atoms with Gasteiger partial charge in [-0.1, -0.05) is 11.6 Å². The molecule has 0 amide bonds. The van der Waals surface area contributed by atoms with Gasteiger partial charge in [0.15, 0.2) is 5.15 Å². The Bertz CT molecular complexity index is 337. The molecule has 88 valence electrons. The fourth-order valence-corrected chi connectivity index (χ4v) is 2.21. The maximum absolute atomic E-state index is 5.99. The predicted molar refractivity (Wildman–Crippen MR) is 64.4 cm³/mol. The predicted octanol–water partition coefficient (Wildman–Crippen LogP) is 1.31. The Hall–Kier alpha value is -0.710. The van der Waals surface area contributed by atoms with Gasteiger partial charge in [-0.25, -0.2) is 4.98 Å². The van der Waals surface area contributed by atoms with E-state index < -0.39 is 0 Å². The monoisotopic (exact) mass is 240 g/mol. The van der Waals surface area contributed by atoms with Crippen LogP contribution in [0.25, 0.3) is 0 Å². The van der Waals surface area contributed by atoms with Gasteiger partial charge in [-0.2, -0.15) is 0 Å².